The van der Waals surface area contributed by atoms with Crippen LogP contribution in [0.4, 0.5) is 4.79 Å². The van der Waals surface area contributed by atoms with Crippen molar-refractivity contribution >= 4 is 18.0 Å². The highest BCUT2D eigenvalue weighted by Gasteiger charge is 2.49. The number of hydrogen-bond acceptors (Lipinski definition) is 5. The fraction of sp³-hybridized carbons (Fsp3) is 0.500. The number of benzene rings is 1. The third-order valence-electron chi connectivity index (χ3n) is 3.83. The third-order valence-corrected chi connectivity index (χ3v) is 3.83. The molecule has 136 valence electrons. The van der Waals surface area contributed by atoms with Crippen LogP contribution in [0.5, 0.6) is 0 Å². The zero-order chi connectivity index (χ0) is 18.8. The van der Waals surface area contributed by atoms with Crippen LogP contribution in [0.2, 0.25) is 0 Å². The van der Waals surface area contributed by atoms with Gasteiger partial charge in [-0.25, -0.2) is 14.4 Å². The molecule has 7 nitrogen and oxygen atoms in total. The SMILES string of the molecule is C[C@@H]1CN(C(=O)OC(C)(C)C)[C@@H](C(=O)O)[C@@H]1OC(=O)c1ccccc1. The van der Waals surface area contributed by atoms with Gasteiger partial charge in [-0.15, -0.1) is 0 Å². The second kappa shape index (κ2) is 7.13. The fourth-order valence-electron chi connectivity index (χ4n) is 2.75. The first-order valence-electron chi connectivity index (χ1n) is 8.08. The van der Waals surface area contributed by atoms with Gasteiger partial charge in [0.05, 0.1) is 5.56 Å². The predicted octanol–water partition coefficient (Wildman–Crippen LogP) is 2.55. The summed E-state index contributed by atoms with van der Waals surface area (Å²) in [6.45, 7) is 6.98. The zero-order valence-corrected chi connectivity index (χ0v) is 14.8. The molecule has 0 aromatic heterocycles. The molecule has 0 aliphatic carbocycles. The van der Waals surface area contributed by atoms with Gasteiger partial charge >= 0.3 is 18.0 Å². The van der Waals surface area contributed by atoms with Crippen LogP contribution in [0.25, 0.3) is 0 Å². The summed E-state index contributed by atoms with van der Waals surface area (Å²) in [5, 5.41) is 9.56. The molecule has 1 aromatic carbocycles. The Morgan fingerprint density at radius 2 is 1.76 bits per heavy atom. The van der Waals surface area contributed by atoms with Crippen molar-refractivity contribution in [3.63, 3.8) is 0 Å². The summed E-state index contributed by atoms with van der Waals surface area (Å²) >= 11 is 0. The van der Waals surface area contributed by atoms with Gasteiger partial charge in [0.2, 0.25) is 0 Å². The number of nitrogens with zero attached hydrogens (tertiary/aromatic N) is 1. The Bertz CT molecular complexity index is 651. The van der Waals surface area contributed by atoms with Gasteiger partial charge in [-0.1, -0.05) is 25.1 Å². The maximum atomic E-state index is 12.3. The minimum absolute atomic E-state index is 0.138. The number of carbonyl (C=O) groups is 3. The van der Waals surface area contributed by atoms with E-state index in [0.717, 1.165) is 4.90 Å². The molecule has 1 aromatic rings. The summed E-state index contributed by atoms with van der Waals surface area (Å²) < 4.78 is 10.7. The topological polar surface area (TPSA) is 93.1 Å². The molecule has 1 aliphatic heterocycles. The molecule has 0 unspecified atom stereocenters. The highest BCUT2D eigenvalue weighted by molar-refractivity contribution is 5.90. The number of ether oxygens (including phenoxy) is 2. The number of amides is 1. The van der Waals surface area contributed by atoms with Crippen LogP contribution in [-0.4, -0.2) is 52.3 Å². The molecule has 1 heterocycles. The van der Waals surface area contributed by atoms with Crippen LogP contribution in [-0.2, 0) is 14.3 Å². The van der Waals surface area contributed by atoms with E-state index in [2.05, 4.69) is 0 Å². The van der Waals surface area contributed by atoms with Gasteiger partial charge in [0.15, 0.2) is 6.04 Å². The molecule has 0 spiro atoms. The smallest absolute Gasteiger partial charge is 0.411 e. The highest BCUT2D eigenvalue weighted by Crippen LogP contribution is 2.29. The molecule has 1 aliphatic rings. The second-order valence-electron chi connectivity index (χ2n) is 7.13. The van der Waals surface area contributed by atoms with Gasteiger partial charge < -0.3 is 14.6 Å². The first-order valence-corrected chi connectivity index (χ1v) is 8.08. The molecule has 3 atom stereocenters. The van der Waals surface area contributed by atoms with E-state index in [9.17, 15) is 19.5 Å². The van der Waals surface area contributed by atoms with Crippen molar-refractivity contribution in [2.45, 2.75) is 45.4 Å². The normalized spacial score (nSPS) is 23.2. The Hall–Kier alpha value is -2.57. The second-order valence-corrected chi connectivity index (χ2v) is 7.13. The highest BCUT2D eigenvalue weighted by atomic mass is 16.6. The Morgan fingerprint density at radius 1 is 1.16 bits per heavy atom. The third kappa shape index (κ3) is 4.49. The molecule has 2 rings (SSSR count). The van der Waals surface area contributed by atoms with Crippen molar-refractivity contribution in [2.24, 2.45) is 5.92 Å². The van der Waals surface area contributed by atoms with E-state index in [1.807, 2.05) is 0 Å². The summed E-state index contributed by atoms with van der Waals surface area (Å²) in [5.74, 6) is -2.18. The first kappa shape index (κ1) is 18.8. The van der Waals surface area contributed by atoms with Gasteiger partial charge in [-0.05, 0) is 32.9 Å². The molecule has 0 saturated carbocycles. The molecule has 1 fully saturated rings. The number of hydrogen-bond donors (Lipinski definition) is 1. The van der Waals surface area contributed by atoms with E-state index < -0.39 is 35.8 Å². The van der Waals surface area contributed by atoms with Crippen molar-refractivity contribution in [1.82, 2.24) is 4.90 Å². The summed E-state index contributed by atoms with van der Waals surface area (Å²) in [6, 6.07) is 7.04. The summed E-state index contributed by atoms with van der Waals surface area (Å²) in [5.41, 5.74) is -0.420. The quantitative estimate of drug-likeness (QED) is 0.843. The number of rotatable bonds is 3. The maximum absolute atomic E-state index is 12.3. The van der Waals surface area contributed by atoms with Gasteiger partial charge in [0, 0.05) is 12.5 Å². The van der Waals surface area contributed by atoms with Crippen LogP contribution in [0.1, 0.15) is 38.1 Å². The van der Waals surface area contributed by atoms with Crippen LogP contribution < -0.4 is 0 Å². The maximum Gasteiger partial charge on any atom is 0.411 e. The van der Waals surface area contributed by atoms with E-state index in [4.69, 9.17) is 9.47 Å². The molecule has 7 heteroatoms. The summed E-state index contributed by atoms with van der Waals surface area (Å²) in [6.07, 6.45) is -1.68. The number of carbonyl (C=O) groups excluding carboxylic acids is 2. The van der Waals surface area contributed by atoms with Crippen molar-refractivity contribution in [3.8, 4) is 0 Å². The average molecular weight is 349 g/mol. The Kier molecular flexibility index (Phi) is 5.35. The summed E-state index contributed by atoms with van der Waals surface area (Å²) in [4.78, 5) is 37.4. The number of carboxylic acids is 1. The van der Waals surface area contributed by atoms with Crippen LogP contribution in [0.3, 0.4) is 0 Å². The van der Waals surface area contributed by atoms with E-state index in [1.54, 1.807) is 58.0 Å². The lowest BCUT2D eigenvalue weighted by atomic mass is 10.0. The number of esters is 1. The van der Waals surface area contributed by atoms with Crippen LogP contribution in [0, 0.1) is 5.92 Å². The summed E-state index contributed by atoms with van der Waals surface area (Å²) in [7, 11) is 0. The number of likely N-dealkylation sites (tertiary alicyclic amines) is 1. The van der Waals surface area contributed by atoms with E-state index >= 15 is 0 Å². The monoisotopic (exact) mass is 349 g/mol. The first-order chi connectivity index (χ1) is 11.6. The number of aliphatic carboxylic acids is 1. The van der Waals surface area contributed by atoms with Crippen molar-refractivity contribution in [3.05, 3.63) is 35.9 Å². The van der Waals surface area contributed by atoms with Crippen LogP contribution in [0.15, 0.2) is 30.3 Å². The molecule has 25 heavy (non-hydrogen) atoms. The minimum atomic E-state index is -1.28. The molecular weight excluding hydrogens is 326 g/mol. The minimum Gasteiger partial charge on any atom is -0.480 e. The average Bonchev–Trinajstić information content (AvgIpc) is 2.84. The molecule has 0 bridgehead atoms. The lowest BCUT2D eigenvalue weighted by Gasteiger charge is -2.28. The van der Waals surface area contributed by atoms with Gasteiger partial charge in [0.25, 0.3) is 0 Å². The molecule has 1 amide bonds. The molecular formula is C18H23NO6. The van der Waals surface area contributed by atoms with Gasteiger partial charge in [0.1, 0.15) is 11.7 Å². The molecule has 1 N–H and O–H groups in total. The lowest BCUT2D eigenvalue weighted by molar-refractivity contribution is -0.145. The zero-order valence-electron chi connectivity index (χ0n) is 14.8. The molecule has 0 radical (unpaired) electrons. The standard InChI is InChI=1S/C18H23NO6/c1-11-10-19(17(23)25-18(2,3)4)13(15(20)21)14(11)24-16(22)12-8-6-5-7-9-12/h5-9,11,13-14H,10H2,1-4H3,(H,20,21)/t11-,13-,14-/m1/s1. The lowest BCUT2D eigenvalue weighted by Crippen LogP contribution is -2.48. The predicted molar refractivity (Wildman–Crippen MR) is 89.2 cm³/mol. The van der Waals surface area contributed by atoms with Crippen molar-refractivity contribution < 1.29 is 29.0 Å². The Labute approximate surface area is 146 Å². The Balaban J connectivity index is 2.19. The van der Waals surface area contributed by atoms with Gasteiger partial charge in [-0.3, -0.25) is 4.90 Å². The Morgan fingerprint density at radius 3 is 2.28 bits per heavy atom. The molecule has 1 saturated heterocycles. The van der Waals surface area contributed by atoms with Crippen molar-refractivity contribution in [2.75, 3.05) is 6.54 Å². The van der Waals surface area contributed by atoms with Crippen molar-refractivity contribution in [1.29, 1.82) is 0 Å². The van der Waals surface area contributed by atoms with Crippen LogP contribution >= 0.6 is 0 Å². The van der Waals surface area contributed by atoms with E-state index in [-0.39, 0.29) is 12.5 Å². The fourth-order valence-corrected chi connectivity index (χ4v) is 2.75. The van der Waals surface area contributed by atoms with E-state index in [1.165, 1.54) is 0 Å². The van der Waals surface area contributed by atoms with Gasteiger partial charge in [-0.2, -0.15) is 0 Å². The largest absolute Gasteiger partial charge is 0.480 e. The number of carboxylic acid groups (broad SMARTS) is 1. The van der Waals surface area contributed by atoms with E-state index in [0.29, 0.717) is 5.56 Å².